The van der Waals surface area contributed by atoms with Crippen molar-refractivity contribution in [3.63, 3.8) is 0 Å². The van der Waals surface area contributed by atoms with Crippen LogP contribution >= 0.6 is 11.3 Å². The smallest absolute Gasteiger partial charge is 0.274 e. The molecule has 5 heterocycles. The zero-order valence-electron chi connectivity index (χ0n) is 26.2. The molecule has 10 heteroatoms. The van der Waals surface area contributed by atoms with Crippen molar-refractivity contribution in [1.29, 1.82) is 0 Å². The number of benzene rings is 1. The number of pyridine rings is 2. The van der Waals surface area contributed by atoms with E-state index in [-0.39, 0.29) is 16.9 Å². The van der Waals surface area contributed by atoms with Gasteiger partial charge in [-0.3, -0.25) is 9.59 Å². The Bertz CT molecular complexity index is 1860. The number of anilines is 4. The maximum Gasteiger partial charge on any atom is 0.274 e. The molecule has 234 valence electrons. The van der Waals surface area contributed by atoms with Gasteiger partial charge < -0.3 is 24.4 Å². The molecule has 0 saturated carbocycles. The van der Waals surface area contributed by atoms with Gasteiger partial charge in [0.25, 0.3) is 11.5 Å². The molecule has 1 fully saturated rings. The summed E-state index contributed by atoms with van der Waals surface area (Å²) in [5.74, 6) is 0.0712. The summed E-state index contributed by atoms with van der Waals surface area (Å²) in [6.45, 7) is 10.1. The molecule has 0 bridgehead atoms. The second-order valence-corrected chi connectivity index (χ2v) is 14.1. The first-order valence-corrected chi connectivity index (χ1v) is 16.5. The Morgan fingerprint density at radius 2 is 1.87 bits per heavy atom. The van der Waals surface area contributed by atoms with E-state index in [1.807, 2.05) is 19.1 Å². The van der Waals surface area contributed by atoms with Crippen molar-refractivity contribution < 1.29 is 13.9 Å². The standard InChI is InChI=1S/C35H38FN5O3S/c1-5-24-26(15-22(36)16-29(24)41-9-8-25-27-17-35(2,3)18-30(27)45-32(25)34(41)43)21-14-28(33(42)39(4)20-21)38-31-7-6-23(19-37-31)40-10-12-44-13-11-40/h6-7,14-16,19-20H,5,8-13,17-18H2,1-4H3,(H,37,38). The Balaban J connectivity index is 1.21. The molecular weight excluding hydrogens is 589 g/mol. The molecule has 8 nitrogen and oxygen atoms in total. The minimum atomic E-state index is -0.421. The van der Waals surface area contributed by atoms with Crippen LogP contribution in [-0.2, 0) is 37.5 Å². The van der Waals surface area contributed by atoms with E-state index in [2.05, 4.69) is 29.0 Å². The van der Waals surface area contributed by atoms with Crippen LogP contribution in [0.15, 0.2) is 47.5 Å². The van der Waals surface area contributed by atoms with Gasteiger partial charge in [0, 0.05) is 43.3 Å². The SMILES string of the molecule is CCc1c(-c2cc(Nc3ccc(N4CCOCC4)cn3)c(=O)n(C)c2)cc(F)cc1N1CCc2c(sc3c2CC(C)(C)C3)C1=O. The highest BCUT2D eigenvalue weighted by Gasteiger charge is 2.38. The summed E-state index contributed by atoms with van der Waals surface area (Å²) in [4.78, 5) is 37.8. The van der Waals surface area contributed by atoms with E-state index < -0.39 is 5.82 Å². The van der Waals surface area contributed by atoms with Crippen molar-refractivity contribution in [3.05, 3.63) is 85.3 Å². The Labute approximate surface area is 266 Å². The van der Waals surface area contributed by atoms with Gasteiger partial charge in [-0.2, -0.15) is 0 Å². The molecule has 0 atom stereocenters. The minimum Gasteiger partial charge on any atom is -0.378 e. The van der Waals surface area contributed by atoms with E-state index in [1.54, 1.807) is 41.7 Å². The highest BCUT2D eigenvalue weighted by Crippen LogP contribution is 2.46. The molecule has 0 spiro atoms. The monoisotopic (exact) mass is 627 g/mol. The summed E-state index contributed by atoms with van der Waals surface area (Å²) in [5, 5.41) is 3.18. The van der Waals surface area contributed by atoms with Gasteiger partial charge in [-0.1, -0.05) is 20.8 Å². The number of hydrogen-bond donors (Lipinski definition) is 1. The number of halogens is 1. The Kier molecular flexibility index (Phi) is 7.52. The molecule has 7 rings (SSSR count). The number of morpholine rings is 1. The van der Waals surface area contributed by atoms with Crippen molar-refractivity contribution >= 4 is 40.1 Å². The summed E-state index contributed by atoms with van der Waals surface area (Å²) in [5.41, 5.74) is 6.72. The minimum absolute atomic E-state index is 0.0471. The van der Waals surface area contributed by atoms with Gasteiger partial charge in [0.15, 0.2) is 0 Å². The molecule has 4 aromatic rings. The second-order valence-electron chi connectivity index (χ2n) is 13.0. The van der Waals surface area contributed by atoms with Crippen LogP contribution in [-0.4, -0.2) is 48.3 Å². The van der Waals surface area contributed by atoms with Gasteiger partial charge in [0.1, 0.15) is 17.3 Å². The van der Waals surface area contributed by atoms with Crippen molar-refractivity contribution in [2.75, 3.05) is 48.0 Å². The predicted molar refractivity (Wildman–Crippen MR) is 178 cm³/mol. The van der Waals surface area contributed by atoms with E-state index in [0.29, 0.717) is 54.5 Å². The lowest BCUT2D eigenvalue weighted by atomic mass is 9.89. The predicted octanol–water partition coefficient (Wildman–Crippen LogP) is 6.12. The van der Waals surface area contributed by atoms with Crippen molar-refractivity contribution in [3.8, 4) is 11.1 Å². The molecule has 1 saturated heterocycles. The van der Waals surface area contributed by atoms with Crippen molar-refractivity contribution in [2.24, 2.45) is 12.5 Å². The number of hydrogen-bond acceptors (Lipinski definition) is 7. The fraction of sp³-hybridized carbons (Fsp3) is 0.400. The Morgan fingerprint density at radius 3 is 2.60 bits per heavy atom. The van der Waals surface area contributed by atoms with E-state index in [1.165, 1.54) is 32.7 Å². The number of aryl methyl sites for hydroxylation is 1. The van der Waals surface area contributed by atoms with Crippen molar-refractivity contribution in [2.45, 2.75) is 46.5 Å². The molecule has 1 N–H and O–H groups in total. The largest absolute Gasteiger partial charge is 0.378 e. The first kappa shape index (κ1) is 29.7. The van der Waals surface area contributed by atoms with Crippen LogP contribution < -0.4 is 20.7 Å². The third-order valence-electron chi connectivity index (χ3n) is 9.24. The maximum atomic E-state index is 15.4. The lowest BCUT2D eigenvalue weighted by Gasteiger charge is -2.30. The zero-order valence-corrected chi connectivity index (χ0v) is 27.0. The number of nitrogens with zero attached hydrogens (tertiary/aromatic N) is 4. The number of rotatable bonds is 6. The van der Waals surface area contributed by atoms with E-state index in [0.717, 1.165) is 48.5 Å². The molecule has 3 aromatic heterocycles. The Hall–Kier alpha value is -4.02. The number of ether oxygens (including phenoxy) is 1. The summed E-state index contributed by atoms with van der Waals surface area (Å²) in [6, 6.07) is 8.57. The molecule has 0 radical (unpaired) electrons. The maximum absolute atomic E-state index is 15.4. The molecule has 1 amide bonds. The number of fused-ring (bicyclic) bond motifs is 3. The highest BCUT2D eigenvalue weighted by atomic mass is 32.1. The molecule has 2 aliphatic heterocycles. The van der Waals surface area contributed by atoms with Crippen LogP contribution in [0.3, 0.4) is 0 Å². The molecule has 1 aliphatic carbocycles. The average Bonchev–Trinajstić information content (AvgIpc) is 3.52. The van der Waals surface area contributed by atoms with Gasteiger partial charge >= 0.3 is 0 Å². The highest BCUT2D eigenvalue weighted by molar-refractivity contribution is 7.14. The first-order valence-electron chi connectivity index (χ1n) is 15.7. The summed E-state index contributed by atoms with van der Waals surface area (Å²) < 4.78 is 22.3. The second kappa shape index (κ2) is 11.4. The normalized spacial score (nSPS) is 17.4. The van der Waals surface area contributed by atoms with Crippen LogP contribution in [0.4, 0.5) is 27.3 Å². The van der Waals surface area contributed by atoms with E-state index in [4.69, 9.17) is 4.74 Å². The number of thiophene rings is 1. The van der Waals surface area contributed by atoms with Crippen LogP contribution in [0.2, 0.25) is 0 Å². The first-order chi connectivity index (χ1) is 21.6. The topological polar surface area (TPSA) is 79.7 Å². The lowest BCUT2D eigenvalue weighted by Crippen LogP contribution is -2.38. The van der Waals surface area contributed by atoms with Crippen LogP contribution in [0.25, 0.3) is 11.1 Å². The van der Waals surface area contributed by atoms with E-state index in [9.17, 15) is 9.59 Å². The molecule has 45 heavy (non-hydrogen) atoms. The van der Waals surface area contributed by atoms with Gasteiger partial charge in [-0.15, -0.1) is 11.3 Å². The summed E-state index contributed by atoms with van der Waals surface area (Å²) in [6.07, 6.45) is 6.87. The summed E-state index contributed by atoms with van der Waals surface area (Å²) in [7, 11) is 1.69. The van der Waals surface area contributed by atoms with Crippen molar-refractivity contribution in [1.82, 2.24) is 9.55 Å². The van der Waals surface area contributed by atoms with Crippen LogP contribution in [0.1, 0.15) is 52.0 Å². The van der Waals surface area contributed by atoms with Crippen LogP contribution in [0.5, 0.6) is 0 Å². The fourth-order valence-corrected chi connectivity index (χ4v) is 8.61. The Morgan fingerprint density at radius 1 is 1.07 bits per heavy atom. The van der Waals surface area contributed by atoms with Crippen LogP contribution in [0, 0.1) is 11.2 Å². The third kappa shape index (κ3) is 5.44. The molecule has 1 aromatic carbocycles. The average molecular weight is 628 g/mol. The number of amides is 1. The molecular formula is C35H38FN5O3S. The quantitative estimate of drug-likeness (QED) is 0.278. The number of nitrogens with one attached hydrogen (secondary N) is 1. The van der Waals surface area contributed by atoms with Gasteiger partial charge in [0.2, 0.25) is 0 Å². The number of aromatic nitrogens is 2. The van der Waals surface area contributed by atoms with E-state index >= 15 is 4.39 Å². The molecule has 3 aliphatic rings. The zero-order chi connectivity index (χ0) is 31.5. The number of carbonyl (C=O) groups is 1. The van der Waals surface area contributed by atoms with Gasteiger partial charge in [-0.25, -0.2) is 9.37 Å². The fourth-order valence-electron chi connectivity index (χ4n) is 7.04. The van der Waals surface area contributed by atoms with Gasteiger partial charge in [-0.05, 0) is 83.7 Å². The lowest BCUT2D eigenvalue weighted by molar-refractivity contribution is 0.0984. The van der Waals surface area contributed by atoms with Gasteiger partial charge in [0.05, 0.1) is 35.7 Å². The molecule has 0 unspecified atom stereocenters. The number of carbonyl (C=O) groups excluding carboxylic acids is 1. The summed E-state index contributed by atoms with van der Waals surface area (Å²) >= 11 is 1.62. The third-order valence-corrected chi connectivity index (χ3v) is 10.5.